The number of hydrogen-bond acceptors (Lipinski definition) is 3. The third-order valence-corrected chi connectivity index (χ3v) is 5.39. The number of rotatable bonds is 4. The van der Waals surface area contributed by atoms with E-state index in [0.29, 0.717) is 6.42 Å². The fourth-order valence-corrected chi connectivity index (χ4v) is 4.25. The van der Waals surface area contributed by atoms with Crippen molar-refractivity contribution in [1.29, 1.82) is 0 Å². The van der Waals surface area contributed by atoms with Gasteiger partial charge in [-0.3, -0.25) is 4.40 Å². The van der Waals surface area contributed by atoms with Crippen LogP contribution in [0.1, 0.15) is 57.6 Å². The first-order valence-electron chi connectivity index (χ1n) is 7.82. The maximum Gasteiger partial charge on any atom is 0.193 e. The zero-order valence-corrected chi connectivity index (χ0v) is 13.0. The van der Waals surface area contributed by atoms with Crippen molar-refractivity contribution in [2.45, 2.75) is 63.9 Å². The molecule has 2 aromatic rings. The highest BCUT2D eigenvalue weighted by atomic mass is 32.1. The van der Waals surface area contributed by atoms with E-state index in [2.05, 4.69) is 22.5 Å². The Morgan fingerprint density at radius 3 is 3.15 bits per heavy atom. The van der Waals surface area contributed by atoms with Gasteiger partial charge < -0.3 is 5.11 Å². The van der Waals surface area contributed by atoms with Crippen LogP contribution in [0.15, 0.2) is 17.8 Å². The molecule has 4 heteroatoms. The highest BCUT2D eigenvalue weighted by Gasteiger charge is 2.31. The zero-order valence-electron chi connectivity index (χ0n) is 12.2. The molecular weight excluding hydrogens is 268 g/mol. The van der Waals surface area contributed by atoms with Gasteiger partial charge in [-0.2, -0.15) is 0 Å². The average molecular weight is 292 g/mol. The number of aromatic nitrogens is 2. The Balaban J connectivity index is 1.67. The number of fused-ring (bicyclic) bond motifs is 1. The van der Waals surface area contributed by atoms with E-state index in [4.69, 9.17) is 0 Å². The molecule has 1 aliphatic rings. The smallest absolute Gasteiger partial charge is 0.193 e. The van der Waals surface area contributed by atoms with Crippen LogP contribution in [0.3, 0.4) is 0 Å². The SMILES string of the molecule is CCCC1CCCC(O)(Cc2cn3ccsc3n2)CC1. The summed E-state index contributed by atoms with van der Waals surface area (Å²) in [6, 6.07) is 0. The molecule has 1 aliphatic carbocycles. The summed E-state index contributed by atoms with van der Waals surface area (Å²) in [4.78, 5) is 5.65. The van der Waals surface area contributed by atoms with Gasteiger partial charge >= 0.3 is 0 Å². The predicted octanol–water partition coefficient (Wildman–Crippen LogP) is 4.05. The molecule has 2 atom stereocenters. The van der Waals surface area contributed by atoms with Gasteiger partial charge in [0.15, 0.2) is 4.96 Å². The van der Waals surface area contributed by atoms with Gasteiger partial charge in [-0.15, -0.1) is 11.3 Å². The molecule has 1 saturated carbocycles. The van der Waals surface area contributed by atoms with Crippen molar-refractivity contribution >= 4 is 16.3 Å². The van der Waals surface area contributed by atoms with Crippen molar-refractivity contribution in [2.75, 3.05) is 0 Å². The number of aliphatic hydroxyl groups is 1. The fraction of sp³-hybridized carbons (Fsp3) is 0.688. The maximum atomic E-state index is 10.9. The molecule has 0 aromatic carbocycles. The summed E-state index contributed by atoms with van der Waals surface area (Å²) in [5.41, 5.74) is 0.500. The van der Waals surface area contributed by atoms with E-state index >= 15 is 0 Å². The molecular formula is C16H24N2OS. The maximum absolute atomic E-state index is 10.9. The quantitative estimate of drug-likeness (QED) is 0.863. The van der Waals surface area contributed by atoms with E-state index < -0.39 is 5.60 Å². The van der Waals surface area contributed by atoms with Crippen LogP contribution in [0.4, 0.5) is 0 Å². The largest absolute Gasteiger partial charge is 0.389 e. The molecule has 0 spiro atoms. The summed E-state index contributed by atoms with van der Waals surface area (Å²) < 4.78 is 2.06. The highest BCUT2D eigenvalue weighted by Crippen LogP contribution is 2.34. The fourth-order valence-electron chi connectivity index (χ4n) is 3.53. The molecule has 0 aliphatic heterocycles. The van der Waals surface area contributed by atoms with Crippen LogP contribution < -0.4 is 0 Å². The lowest BCUT2D eigenvalue weighted by atomic mass is 9.88. The molecule has 2 unspecified atom stereocenters. The third kappa shape index (κ3) is 3.07. The molecule has 3 nitrogen and oxygen atoms in total. The molecule has 0 radical (unpaired) electrons. The highest BCUT2D eigenvalue weighted by molar-refractivity contribution is 7.15. The number of imidazole rings is 1. The van der Waals surface area contributed by atoms with Crippen LogP contribution in [-0.4, -0.2) is 20.1 Å². The molecule has 0 saturated heterocycles. The van der Waals surface area contributed by atoms with Crippen molar-refractivity contribution in [3.63, 3.8) is 0 Å². The molecule has 20 heavy (non-hydrogen) atoms. The van der Waals surface area contributed by atoms with Gasteiger partial charge in [-0.25, -0.2) is 4.98 Å². The normalized spacial score (nSPS) is 27.8. The van der Waals surface area contributed by atoms with E-state index in [0.717, 1.165) is 35.8 Å². The van der Waals surface area contributed by atoms with Crippen LogP contribution in [0.2, 0.25) is 0 Å². The molecule has 110 valence electrons. The minimum Gasteiger partial charge on any atom is -0.389 e. The van der Waals surface area contributed by atoms with E-state index in [1.165, 1.54) is 25.7 Å². The van der Waals surface area contributed by atoms with Crippen LogP contribution >= 0.6 is 11.3 Å². The van der Waals surface area contributed by atoms with Gasteiger partial charge in [-0.05, 0) is 25.2 Å². The number of hydrogen-bond donors (Lipinski definition) is 1. The second-order valence-electron chi connectivity index (χ2n) is 6.31. The minimum atomic E-state index is -0.535. The number of nitrogens with zero attached hydrogens (tertiary/aromatic N) is 2. The van der Waals surface area contributed by atoms with Gasteiger partial charge in [-0.1, -0.05) is 32.6 Å². The summed E-state index contributed by atoms with van der Waals surface area (Å²) in [5, 5.41) is 13.0. The minimum absolute atomic E-state index is 0.535. The van der Waals surface area contributed by atoms with E-state index in [-0.39, 0.29) is 0 Å². The molecule has 1 fully saturated rings. The molecule has 0 bridgehead atoms. The van der Waals surface area contributed by atoms with Crippen molar-refractivity contribution < 1.29 is 5.11 Å². The molecule has 0 amide bonds. The molecule has 1 N–H and O–H groups in total. The lowest BCUT2D eigenvalue weighted by Crippen LogP contribution is -2.30. The summed E-state index contributed by atoms with van der Waals surface area (Å²) in [5.74, 6) is 0.819. The van der Waals surface area contributed by atoms with Gasteiger partial charge in [0.2, 0.25) is 0 Å². The summed E-state index contributed by atoms with van der Waals surface area (Å²) in [6.45, 7) is 2.26. The average Bonchev–Trinajstić information content (AvgIpc) is 2.91. The first kappa shape index (κ1) is 14.1. The Hall–Kier alpha value is -0.870. The Bertz CT molecular complexity index is 533. The third-order valence-electron chi connectivity index (χ3n) is 4.62. The van der Waals surface area contributed by atoms with E-state index in [1.807, 2.05) is 11.6 Å². The van der Waals surface area contributed by atoms with Gasteiger partial charge in [0.05, 0.1) is 11.3 Å². The monoisotopic (exact) mass is 292 g/mol. The van der Waals surface area contributed by atoms with Gasteiger partial charge in [0.25, 0.3) is 0 Å². The Labute approximate surface area is 124 Å². The predicted molar refractivity (Wildman–Crippen MR) is 83.2 cm³/mol. The lowest BCUT2D eigenvalue weighted by molar-refractivity contribution is 0.0233. The number of thiazole rings is 1. The van der Waals surface area contributed by atoms with Crippen LogP contribution in [0.5, 0.6) is 0 Å². The second kappa shape index (κ2) is 5.86. The Kier molecular flexibility index (Phi) is 4.13. The van der Waals surface area contributed by atoms with Crippen molar-refractivity contribution in [1.82, 2.24) is 9.38 Å². The summed E-state index contributed by atoms with van der Waals surface area (Å²) >= 11 is 1.65. The van der Waals surface area contributed by atoms with Crippen molar-refractivity contribution in [3.8, 4) is 0 Å². The zero-order chi connectivity index (χ0) is 14.0. The standard InChI is InChI=1S/C16H24N2OS/c1-2-4-13-5-3-7-16(19,8-6-13)11-14-12-18-9-10-20-15(18)17-14/h9-10,12-13,19H,2-8,11H2,1H3. The lowest BCUT2D eigenvalue weighted by Gasteiger charge is -2.25. The summed E-state index contributed by atoms with van der Waals surface area (Å²) in [7, 11) is 0. The molecule has 2 heterocycles. The Morgan fingerprint density at radius 2 is 2.35 bits per heavy atom. The van der Waals surface area contributed by atoms with E-state index in [1.54, 1.807) is 11.3 Å². The van der Waals surface area contributed by atoms with Gasteiger partial charge in [0.1, 0.15) is 0 Å². The topological polar surface area (TPSA) is 37.5 Å². The van der Waals surface area contributed by atoms with Crippen LogP contribution in [-0.2, 0) is 6.42 Å². The van der Waals surface area contributed by atoms with Crippen LogP contribution in [0, 0.1) is 5.92 Å². The summed E-state index contributed by atoms with van der Waals surface area (Å²) in [6.07, 6.45) is 12.9. The molecule has 2 aromatic heterocycles. The van der Waals surface area contributed by atoms with Crippen LogP contribution in [0.25, 0.3) is 4.96 Å². The van der Waals surface area contributed by atoms with Crippen molar-refractivity contribution in [3.05, 3.63) is 23.5 Å². The van der Waals surface area contributed by atoms with Crippen molar-refractivity contribution in [2.24, 2.45) is 5.92 Å². The first-order valence-corrected chi connectivity index (χ1v) is 8.70. The van der Waals surface area contributed by atoms with Gasteiger partial charge in [0, 0.05) is 24.2 Å². The second-order valence-corrected chi connectivity index (χ2v) is 7.18. The Morgan fingerprint density at radius 1 is 1.45 bits per heavy atom. The molecule has 3 rings (SSSR count). The first-order chi connectivity index (χ1) is 9.68. The van der Waals surface area contributed by atoms with E-state index in [9.17, 15) is 5.11 Å².